The van der Waals surface area contributed by atoms with E-state index < -0.39 is 12.6 Å². The zero-order valence-corrected chi connectivity index (χ0v) is 19.2. The van der Waals surface area contributed by atoms with Gasteiger partial charge in [-0.05, 0) is 0 Å². The topological polar surface area (TPSA) is 0 Å². The van der Waals surface area contributed by atoms with Gasteiger partial charge in [-0.1, -0.05) is 0 Å². The van der Waals surface area contributed by atoms with Crippen molar-refractivity contribution in [3.63, 3.8) is 0 Å². The van der Waals surface area contributed by atoms with Crippen molar-refractivity contribution in [3.05, 3.63) is 91.0 Å². The SMILES string of the molecule is C[Si](C)(C)C[P]([Au])(c1ccccc1)(c1ccccc1)c1ccccc1. The molecule has 0 N–H and O–H groups in total. The van der Waals surface area contributed by atoms with E-state index in [1.165, 1.54) is 21.7 Å². The molecule has 0 aliphatic carbocycles. The van der Waals surface area contributed by atoms with Crippen LogP contribution in [0.2, 0.25) is 19.6 Å². The summed E-state index contributed by atoms with van der Waals surface area (Å²) < 4.78 is -2.56. The number of hydrogen-bond donors (Lipinski definition) is 0. The van der Waals surface area contributed by atoms with Crippen LogP contribution < -0.4 is 15.9 Å². The Morgan fingerprint density at radius 2 is 0.880 bits per heavy atom. The summed E-state index contributed by atoms with van der Waals surface area (Å²) in [5.41, 5.74) is 0. The first-order valence-corrected chi connectivity index (χ1v) is 17.6. The van der Waals surface area contributed by atoms with Gasteiger partial charge in [-0.25, -0.2) is 0 Å². The van der Waals surface area contributed by atoms with Gasteiger partial charge in [-0.15, -0.1) is 0 Å². The van der Waals surface area contributed by atoms with Crippen molar-refractivity contribution in [1.29, 1.82) is 0 Å². The van der Waals surface area contributed by atoms with Gasteiger partial charge in [0.25, 0.3) is 0 Å². The third-order valence-corrected chi connectivity index (χ3v) is 22.8. The predicted octanol–water partition coefficient (Wildman–Crippen LogP) is 4.86. The molecule has 0 aliphatic rings. The Kier molecular flexibility index (Phi) is 5.26. The minimum atomic E-state index is -2.56. The van der Waals surface area contributed by atoms with Crippen molar-refractivity contribution in [2.45, 2.75) is 19.6 Å². The normalized spacial score (nSPS) is 13.9. The van der Waals surface area contributed by atoms with Gasteiger partial charge in [-0.3, -0.25) is 0 Å². The Hall–Kier alpha value is -0.953. The summed E-state index contributed by atoms with van der Waals surface area (Å²) in [7, 11) is -1.37. The summed E-state index contributed by atoms with van der Waals surface area (Å²) >= 11 is 3.16. The molecule has 0 fully saturated rings. The van der Waals surface area contributed by atoms with Gasteiger partial charge in [0, 0.05) is 0 Å². The van der Waals surface area contributed by atoms with E-state index in [0.717, 1.165) is 0 Å². The van der Waals surface area contributed by atoms with Crippen LogP contribution in [0.15, 0.2) is 91.0 Å². The Morgan fingerprint density at radius 1 is 0.600 bits per heavy atom. The molecule has 0 saturated heterocycles. The third-order valence-electron chi connectivity index (χ3n) is 4.58. The maximum absolute atomic E-state index is 3.16. The van der Waals surface area contributed by atoms with Gasteiger partial charge in [-0.2, -0.15) is 0 Å². The van der Waals surface area contributed by atoms with Crippen LogP contribution in [0.5, 0.6) is 0 Å². The zero-order chi connectivity index (χ0) is 18.0. The summed E-state index contributed by atoms with van der Waals surface area (Å²) in [4.78, 5) is 0. The average Bonchev–Trinajstić information content (AvgIpc) is 2.63. The molecule has 0 atom stereocenters. The van der Waals surface area contributed by atoms with E-state index in [1.807, 2.05) is 0 Å². The van der Waals surface area contributed by atoms with Crippen LogP contribution in [0.4, 0.5) is 0 Å². The molecule has 0 aromatic heterocycles. The Labute approximate surface area is 164 Å². The second kappa shape index (κ2) is 6.99. The second-order valence-electron chi connectivity index (χ2n) is 7.83. The van der Waals surface area contributed by atoms with E-state index >= 15 is 0 Å². The van der Waals surface area contributed by atoms with Crippen LogP contribution >= 0.6 is 4.49 Å². The van der Waals surface area contributed by atoms with E-state index in [4.69, 9.17) is 0 Å². The molecule has 0 bridgehead atoms. The van der Waals surface area contributed by atoms with Gasteiger partial charge in [0.15, 0.2) is 0 Å². The van der Waals surface area contributed by atoms with Gasteiger partial charge in [0.2, 0.25) is 0 Å². The minimum absolute atomic E-state index is 1.26. The molecule has 0 nitrogen and oxygen atoms in total. The molecule has 3 aromatic carbocycles. The Balaban J connectivity index is 2.45. The first-order chi connectivity index (χ1) is 11.8. The van der Waals surface area contributed by atoms with Crippen molar-refractivity contribution in [2.75, 3.05) is 5.79 Å². The quantitative estimate of drug-likeness (QED) is 0.317. The van der Waals surface area contributed by atoms with Crippen molar-refractivity contribution in [2.24, 2.45) is 0 Å². The fourth-order valence-electron chi connectivity index (χ4n) is 3.76. The van der Waals surface area contributed by atoms with Crippen LogP contribution in [0, 0.1) is 0 Å². The molecule has 0 amide bonds. The van der Waals surface area contributed by atoms with Crippen molar-refractivity contribution in [1.82, 2.24) is 0 Å². The van der Waals surface area contributed by atoms with E-state index in [9.17, 15) is 0 Å². The first-order valence-electron chi connectivity index (χ1n) is 8.71. The van der Waals surface area contributed by atoms with Crippen LogP contribution in [-0.2, 0) is 20.5 Å². The molecular weight excluding hydrogens is 520 g/mol. The van der Waals surface area contributed by atoms with Gasteiger partial charge in [0.1, 0.15) is 0 Å². The number of hydrogen-bond acceptors (Lipinski definition) is 0. The molecule has 25 heavy (non-hydrogen) atoms. The summed E-state index contributed by atoms with van der Waals surface area (Å²) in [6.07, 6.45) is 0. The summed E-state index contributed by atoms with van der Waals surface area (Å²) in [6, 6.07) is 33.6. The summed E-state index contributed by atoms with van der Waals surface area (Å²) in [5, 5.41) is 4.45. The number of benzene rings is 3. The fourth-order valence-corrected chi connectivity index (χ4v) is 28.1. The molecule has 134 valence electrons. The van der Waals surface area contributed by atoms with E-state index in [-0.39, 0.29) is 0 Å². The standard InChI is InChI=1S/C22H26PSi.Au/c1-24(2,3)19-23(20-13-7-4-8-14-20,21-15-9-5-10-16-21)22-17-11-6-12-18-22;/h4-18H,19H2,1-3H3;/q+1;-1. The molecular formula is C22H26AuPSi. The summed E-state index contributed by atoms with van der Waals surface area (Å²) in [6.45, 7) is 7.49. The maximum atomic E-state index is 3.16. The predicted molar refractivity (Wildman–Crippen MR) is 113 cm³/mol. The number of rotatable bonds is 5. The van der Waals surface area contributed by atoms with E-state index in [0.29, 0.717) is 0 Å². The van der Waals surface area contributed by atoms with E-state index in [1.54, 1.807) is 0 Å². The van der Waals surface area contributed by atoms with Gasteiger partial charge < -0.3 is 0 Å². The molecule has 0 unspecified atom stereocenters. The van der Waals surface area contributed by atoms with Crippen LogP contribution in [-0.4, -0.2) is 13.9 Å². The fraction of sp³-hybridized carbons (Fsp3) is 0.182. The monoisotopic (exact) mass is 546 g/mol. The first kappa shape index (κ1) is 18.8. The molecule has 0 radical (unpaired) electrons. The Bertz CT molecular complexity index is 727. The van der Waals surface area contributed by atoms with Crippen molar-refractivity contribution in [3.8, 4) is 0 Å². The molecule has 3 aromatic rings. The molecule has 3 heteroatoms. The van der Waals surface area contributed by atoms with Crippen molar-refractivity contribution < 1.29 is 20.5 Å². The molecule has 0 saturated carbocycles. The zero-order valence-electron chi connectivity index (χ0n) is 15.1. The summed E-state index contributed by atoms with van der Waals surface area (Å²) in [5.74, 6) is 1.26. The second-order valence-corrected chi connectivity index (χ2v) is 24.4. The molecule has 0 spiro atoms. The molecule has 0 aliphatic heterocycles. The van der Waals surface area contributed by atoms with Crippen LogP contribution in [0.1, 0.15) is 0 Å². The van der Waals surface area contributed by atoms with Crippen LogP contribution in [0.25, 0.3) is 0 Å². The van der Waals surface area contributed by atoms with Gasteiger partial charge in [0.05, 0.1) is 0 Å². The third kappa shape index (κ3) is 3.50. The van der Waals surface area contributed by atoms with Gasteiger partial charge >= 0.3 is 165 Å². The molecule has 0 heterocycles. The van der Waals surface area contributed by atoms with E-state index in [2.05, 4.69) is 131 Å². The molecule has 3 rings (SSSR count). The van der Waals surface area contributed by atoms with Crippen molar-refractivity contribution >= 4 is 28.5 Å². The average molecular weight is 546 g/mol. The van der Waals surface area contributed by atoms with Crippen LogP contribution in [0.3, 0.4) is 0 Å². The Morgan fingerprint density at radius 3 is 1.12 bits per heavy atom.